The van der Waals surface area contributed by atoms with Crippen molar-refractivity contribution in [3.05, 3.63) is 107 Å². The second-order valence-corrected chi connectivity index (χ2v) is 8.03. The third-order valence-corrected chi connectivity index (χ3v) is 5.22. The van der Waals surface area contributed by atoms with Gasteiger partial charge >= 0.3 is 0 Å². The lowest BCUT2D eigenvalue weighted by Crippen LogP contribution is -2.20. The van der Waals surface area contributed by atoms with E-state index in [9.17, 15) is 0 Å². The first kappa shape index (κ1) is 22.8. The predicted molar refractivity (Wildman–Crippen MR) is 130 cm³/mol. The van der Waals surface area contributed by atoms with Crippen molar-refractivity contribution in [2.24, 2.45) is 4.99 Å². The maximum atomic E-state index is 4.35. The molecule has 152 valence electrons. The van der Waals surface area contributed by atoms with E-state index in [0.717, 1.165) is 30.4 Å². The molecule has 1 aliphatic rings. The van der Waals surface area contributed by atoms with Crippen LogP contribution in [0.25, 0.3) is 0 Å². The molecule has 0 saturated heterocycles. The molecule has 4 rings (SSSR count). The first-order valence-electron chi connectivity index (χ1n) is 10.1. The van der Waals surface area contributed by atoms with Gasteiger partial charge in [-0.2, -0.15) is 0 Å². The number of aryl methyl sites for hydroxylation is 3. The molecule has 0 amide bonds. The summed E-state index contributed by atoms with van der Waals surface area (Å²) in [4.78, 5) is 4.35. The minimum absolute atomic E-state index is 0.946. The zero-order valence-electron chi connectivity index (χ0n) is 17.8. The van der Waals surface area contributed by atoms with E-state index < -0.39 is 0 Å². The third-order valence-electron chi connectivity index (χ3n) is 4.21. The molecule has 0 saturated carbocycles. The van der Waals surface area contributed by atoms with Crippen molar-refractivity contribution < 1.29 is 0 Å². The van der Waals surface area contributed by atoms with E-state index in [1.165, 1.54) is 22.3 Å². The van der Waals surface area contributed by atoms with E-state index in [2.05, 4.69) is 97.8 Å². The van der Waals surface area contributed by atoms with Crippen LogP contribution in [0.3, 0.4) is 0 Å². The summed E-state index contributed by atoms with van der Waals surface area (Å²) in [5, 5.41) is 3.27. The lowest BCUT2D eigenvalue weighted by molar-refractivity contribution is 0.959. The molecule has 29 heavy (non-hydrogen) atoms. The maximum absolute atomic E-state index is 4.35. The Morgan fingerprint density at radius 1 is 0.724 bits per heavy atom. The smallest absolute Gasteiger partial charge is 0.106 e. The Morgan fingerprint density at radius 3 is 1.76 bits per heavy atom. The van der Waals surface area contributed by atoms with Gasteiger partial charge in [-0.1, -0.05) is 102 Å². The number of benzene rings is 3. The molecule has 0 atom stereocenters. The van der Waals surface area contributed by atoms with Crippen LogP contribution in [-0.4, -0.2) is 24.7 Å². The van der Waals surface area contributed by atoms with Gasteiger partial charge in [-0.15, -0.1) is 11.8 Å². The molecular formula is C26H32N2S. The molecule has 0 aromatic heterocycles. The predicted octanol–water partition coefficient (Wildman–Crippen LogP) is 6.22. The Bertz CT molecular complexity index is 828. The monoisotopic (exact) mass is 404 g/mol. The molecule has 3 heteroatoms. The number of hydrogen-bond acceptors (Lipinski definition) is 3. The highest BCUT2D eigenvalue weighted by atomic mass is 32.2. The Hall–Kier alpha value is -2.52. The van der Waals surface area contributed by atoms with Gasteiger partial charge in [-0.25, -0.2) is 0 Å². The normalized spacial score (nSPS) is 11.9. The lowest BCUT2D eigenvalue weighted by Gasteiger charge is -2.02. The van der Waals surface area contributed by atoms with Crippen molar-refractivity contribution in [3.63, 3.8) is 0 Å². The van der Waals surface area contributed by atoms with Crippen molar-refractivity contribution in [2.75, 3.05) is 18.8 Å². The lowest BCUT2D eigenvalue weighted by atomic mass is 10.2. The molecular weight excluding hydrogens is 372 g/mol. The minimum atomic E-state index is 0.946. The average Bonchev–Trinajstić information content (AvgIpc) is 3.24. The number of rotatable bonds is 4. The van der Waals surface area contributed by atoms with Crippen LogP contribution in [0.2, 0.25) is 0 Å². The first-order chi connectivity index (χ1) is 14.1. The van der Waals surface area contributed by atoms with Crippen LogP contribution in [0, 0.1) is 20.8 Å². The van der Waals surface area contributed by atoms with Gasteiger partial charge in [0.1, 0.15) is 5.84 Å². The Balaban J connectivity index is 0.000000170. The van der Waals surface area contributed by atoms with Gasteiger partial charge in [-0.05, 0) is 26.3 Å². The number of amidine groups is 1. The Morgan fingerprint density at radius 2 is 1.31 bits per heavy atom. The number of thioether (sulfide) groups is 1. The van der Waals surface area contributed by atoms with Crippen molar-refractivity contribution in [1.29, 1.82) is 0 Å². The molecule has 0 radical (unpaired) electrons. The fraction of sp³-hybridized carbons (Fsp3) is 0.269. The molecule has 1 heterocycles. The Labute approximate surface area is 180 Å². The number of nitrogens with one attached hydrogen (secondary N) is 1. The van der Waals surface area contributed by atoms with Gasteiger partial charge < -0.3 is 5.32 Å². The molecule has 0 fully saturated rings. The molecule has 0 spiro atoms. The molecule has 1 aliphatic heterocycles. The van der Waals surface area contributed by atoms with Crippen molar-refractivity contribution in [1.82, 2.24) is 5.32 Å². The summed E-state index contributed by atoms with van der Waals surface area (Å²) in [6.45, 7) is 8.25. The molecule has 0 aliphatic carbocycles. The molecule has 2 nitrogen and oxygen atoms in total. The largest absolute Gasteiger partial charge is 0.371 e. The average molecular weight is 405 g/mol. The van der Waals surface area contributed by atoms with Gasteiger partial charge in [0, 0.05) is 12.3 Å². The highest BCUT2D eigenvalue weighted by molar-refractivity contribution is 7.99. The van der Waals surface area contributed by atoms with E-state index in [1.54, 1.807) is 0 Å². The van der Waals surface area contributed by atoms with Crippen LogP contribution < -0.4 is 5.32 Å². The van der Waals surface area contributed by atoms with Gasteiger partial charge in [0.15, 0.2) is 0 Å². The van der Waals surface area contributed by atoms with Gasteiger partial charge in [0.05, 0.1) is 12.3 Å². The van der Waals surface area contributed by atoms with Crippen molar-refractivity contribution in [3.8, 4) is 0 Å². The van der Waals surface area contributed by atoms with E-state index >= 15 is 0 Å². The van der Waals surface area contributed by atoms with Crippen LogP contribution in [0.5, 0.6) is 0 Å². The Kier molecular flexibility index (Phi) is 10.7. The second kappa shape index (κ2) is 13.6. The zero-order chi connectivity index (χ0) is 20.7. The summed E-state index contributed by atoms with van der Waals surface area (Å²) < 4.78 is 0. The van der Waals surface area contributed by atoms with Crippen LogP contribution in [0.4, 0.5) is 0 Å². The summed E-state index contributed by atoms with van der Waals surface area (Å²) in [6.07, 6.45) is 0. The van der Waals surface area contributed by atoms with Crippen molar-refractivity contribution in [2.45, 2.75) is 26.5 Å². The van der Waals surface area contributed by atoms with Crippen molar-refractivity contribution >= 4 is 17.6 Å². The number of nitrogens with zero attached hydrogens (tertiary/aromatic N) is 1. The highest BCUT2D eigenvalue weighted by Crippen LogP contribution is 2.11. The quantitative estimate of drug-likeness (QED) is 0.558. The van der Waals surface area contributed by atoms with E-state index in [0.29, 0.717) is 0 Å². The molecule has 3 aromatic rings. The van der Waals surface area contributed by atoms with Crippen LogP contribution >= 0.6 is 11.8 Å². The highest BCUT2D eigenvalue weighted by Gasteiger charge is 2.04. The van der Waals surface area contributed by atoms with Crippen LogP contribution in [0.1, 0.15) is 22.3 Å². The third kappa shape index (κ3) is 10.6. The summed E-state index contributed by atoms with van der Waals surface area (Å²) in [6, 6.07) is 29.3. The van der Waals surface area contributed by atoms with Gasteiger partial charge in [0.25, 0.3) is 0 Å². The van der Waals surface area contributed by atoms with Crippen LogP contribution in [-0.2, 0) is 5.75 Å². The molecule has 3 aromatic carbocycles. The zero-order valence-corrected chi connectivity index (χ0v) is 18.6. The molecule has 1 N–H and O–H groups in total. The summed E-state index contributed by atoms with van der Waals surface area (Å²) in [7, 11) is 0. The SMILES string of the molecule is Cc1cccc(C)c1.Cc1ccccc1.c1ccc(CSCC2=NCCN2)cc1. The standard InChI is InChI=1S/C11H14N2S.C8H10.C7H8/c1-2-4-10(5-3-1)8-14-9-11-12-6-7-13-11;1-7-4-3-5-8(2)6-7;1-7-5-3-2-4-6-7/h1-5H,6-9H2,(H,12,13);3-6H,1-2H3;2-6H,1H3. The minimum Gasteiger partial charge on any atom is -0.371 e. The molecule has 0 bridgehead atoms. The fourth-order valence-electron chi connectivity index (χ4n) is 2.72. The summed E-state index contributed by atoms with van der Waals surface area (Å²) in [5.74, 6) is 3.24. The summed E-state index contributed by atoms with van der Waals surface area (Å²) in [5.41, 5.74) is 5.38. The van der Waals surface area contributed by atoms with Crippen LogP contribution in [0.15, 0.2) is 89.9 Å². The first-order valence-corrected chi connectivity index (χ1v) is 11.2. The second-order valence-electron chi connectivity index (χ2n) is 7.05. The number of aliphatic imine (C=N–C) groups is 1. The summed E-state index contributed by atoms with van der Waals surface area (Å²) >= 11 is 1.91. The van der Waals surface area contributed by atoms with Gasteiger partial charge in [0.2, 0.25) is 0 Å². The fourth-order valence-corrected chi connectivity index (χ4v) is 3.64. The van der Waals surface area contributed by atoms with E-state index in [4.69, 9.17) is 0 Å². The van der Waals surface area contributed by atoms with E-state index in [-0.39, 0.29) is 0 Å². The van der Waals surface area contributed by atoms with E-state index in [1.807, 2.05) is 30.0 Å². The maximum Gasteiger partial charge on any atom is 0.106 e. The van der Waals surface area contributed by atoms with Gasteiger partial charge in [-0.3, -0.25) is 4.99 Å². The topological polar surface area (TPSA) is 24.4 Å². The number of hydrogen-bond donors (Lipinski definition) is 1. The molecule has 0 unspecified atom stereocenters.